The Morgan fingerprint density at radius 2 is 1.88 bits per heavy atom. The van der Waals surface area contributed by atoms with Gasteiger partial charge in [-0.2, -0.15) is 0 Å². The largest absolute Gasteiger partial charge is 0.480 e. The fourth-order valence-electron chi connectivity index (χ4n) is 2.86. The Kier molecular flexibility index (Phi) is 5.68. The standard InChI is InChI=1S/C17H20N2O5/c1-10(20)18-13-7-5-11(6-8-13)16(22)19-15(17(23)24)12-3-2-4-14(21)9-12/h5-8,12,15H,2-4,9H2,1H3,(H,18,20)(H,19,22)(H,23,24)/t12-,15-/m0/s1. The minimum atomic E-state index is -1.14. The molecule has 7 heteroatoms. The van der Waals surface area contributed by atoms with Gasteiger partial charge in [-0.1, -0.05) is 0 Å². The summed E-state index contributed by atoms with van der Waals surface area (Å²) in [5.74, 6) is -2.23. The van der Waals surface area contributed by atoms with Crippen LogP contribution in [0.15, 0.2) is 24.3 Å². The first-order chi connectivity index (χ1) is 11.4. The molecule has 1 saturated carbocycles. The monoisotopic (exact) mass is 332 g/mol. The Labute approximate surface area is 139 Å². The van der Waals surface area contributed by atoms with Gasteiger partial charge in [0.25, 0.3) is 5.91 Å². The summed E-state index contributed by atoms with van der Waals surface area (Å²) in [6.45, 7) is 1.38. The molecule has 3 N–H and O–H groups in total. The van der Waals surface area contributed by atoms with Crippen LogP contribution in [0.4, 0.5) is 5.69 Å². The van der Waals surface area contributed by atoms with Gasteiger partial charge in [0.15, 0.2) is 0 Å². The Bertz CT molecular complexity index is 653. The van der Waals surface area contributed by atoms with Crippen molar-refractivity contribution in [2.24, 2.45) is 5.92 Å². The lowest BCUT2D eigenvalue weighted by atomic mass is 9.83. The molecule has 0 heterocycles. The van der Waals surface area contributed by atoms with E-state index in [-0.39, 0.29) is 29.6 Å². The highest BCUT2D eigenvalue weighted by atomic mass is 16.4. The highest BCUT2D eigenvalue weighted by Crippen LogP contribution is 2.25. The van der Waals surface area contributed by atoms with Crippen molar-refractivity contribution in [3.63, 3.8) is 0 Å². The van der Waals surface area contributed by atoms with Crippen molar-refractivity contribution in [2.45, 2.75) is 38.6 Å². The van der Waals surface area contributed by atoms with E-state index in [0.29, 0.717) is 24.9 Å². The lowest BCUT2D eigenvalue weighted by Gasteiger charge is -2.27. The number of carbonyl (C=O) groups excluding carboxylic acids is 3. The van der Waals surface area contributed by atoms with Crippen LogP contribution in [-0.2, 0) is 14.4 Å². The third kappa shape index (κ3) is 4.65. The maximum absolute atomic E-state index is 12.3. The fraction of sp³-hybridized carbons (Fsp3) is 0.412. The summed E-state index contributed by atoms with van der Waals surface area (Å²) in [6.07, 6.45) is 1.90. The molecule has 0 unspecified atom stereocenters. The Hall–Kier alpha value is -2.70. The molecule has 1 aromatic carbocycles. The number of hydrogen-bond acceptors (Lipinski definition) is 4. The van der Waals surface area contributed by atoms with Crippen molar-refractivity contribution < 1.29 is 24.3 Å². The van der Waals surface area contributed by atoms with Crippen molar-refractivity contribution >= 4 is 29.3 Å². The number of carboxylic acid groups (broad SMARTS) is 1. The van der Waals surface area contributed by atoms with Crippen LogP contribution < -0.4 is 10.6 Å². The van der Waals surface area contributed by atoms with Crippen LogP contribution in [0.1, 0.15) is 43.0 Å². The molecule has 0 bridgehead atoms. The Morgan fingerprint density at radius 1 is 1.21 bits per heavy atom. The third-order valence-electron chi connectivity index (χ3n) is 4.01. The summed E-state index contributed by atoms with van der Waals surface area (Å²) in [6, 6.07) is 5.06. The molecule has 0 aliphatic heterocycles. The van der Waals surface area contributed by atoms with E-state index in [1.54, 1.807) is 12.1 Å². The predicted molar refractivity (Wildman–Crippen MR) is 86.6 cm³/mol. The van der Waals surface area contributed by atoms with E-state index in [2.05, 4.69) is 10.6 Å². The van der Waals surface area contributed by atoms with Crippen LogP contribution >= 0.6 is 0 Å². The zero-order valence-electron chi connectivity index (χ0n) is 13.4. The van der Waals surface area contributed by atoms with Crippen LogP contribution in [0.5, 0.6) is 0 Å². The van der Waals surface area contributed by atoms with E-state index < -0.39 is 17.9 Å². The molecule has 1 aliphatic rings. The number of aliphatic carboxylic acids is 1. The molecule has 1 fully saturated rings. The van der Waals surface area contributed by atoms with Gasteiger partial charge in [0.1, 0.15) is 11.8 Å². The van der Waals surface area contributed by atoms with Crippen molar-refractivity contribution in [1.29, 1.82) is 0 Å². The van der Waals surface area contributed by atoms with E-state index in [4.69, 9.17) is 0 Å². The summed E-state index contributed by atoms with van der Waals surface area (Å²) < 4.78 is 0. The van der Waals surface area contributed by atoms with Gasteiger partial charge in [-0.15, -0.1) is 0 Å². The molecule has 2 rings (SSSR count). The first kappa shape index (κ1) is 17.7. The lowest BCUT2D eigenvalue weighted by Crippen LogP contribution is -2.47. The molecule has 1 aromatic rings. The molecule has 128 valence electrons. The van der Waals surface area contributed by atoms with E-state index in [0.717, 1.165) is 0 Å². The minimum absolute atomic E-state index is 0.0337. The summed E-state index contributed by atoms with van der Waals surface area (Å²) in [4.78, 5) is 46.3. The zero-order valence-corrected chi connectivity index (χ0v) is 13.4. The highest BCUT2D eigenvalue weighted by Gasteiger charge is 2.33. The molecule has 0 spiro atoms. The molecule has 1 aliphatic carbocycles. The minimum Gasteiger partial charge on any atom is -0.480 e. The zero-order chi connectivity index (χ0) is 17.7. The smallest absolute Gasteiger partial charge is 0.326 e. The van der Waals surface area contributed by atoms with Crippen LogP contribution in [0, 0.1) is 5.92 Å². The maximum Gasteiger partial charge on any atom is 0.326 e. The molecule has 2 amide bonds. The van der Waals surface area contributed by atoms with Crippen LogP contribution in [-0.4, -0.2) is 34.7 Å². The number of ketones is 1. The topological polar surface area (TPSA) is 113 Å². The molecule has 7 nitrogen and oxygen atoms in total. The van der Waals surface area contributed by atoms with Gasteiger partial charge >= 0.3 is 5.97 Å². The molecule has 2 atom stereocenters. The molecule has 0 aromatic heterocycles. The molecule has 0 saturated heterocycles. The highest BCUT2D eigenvalue weighted by molar-refractivity contribution is 5.97. The van der Waals surface area contributed by atoms with Crippen molar-refractivity contribution in [3.8, 4) is 0 Å². The van der Waals surface area contributed by atoms with Crippen molar-refractivity contribution in [2.75, 3.05) is 5.32 Å². The summed E-state index contributed by atoms with van der Waals surface area (Å²) in [7, 11) is 0. The van der Waals surface area contributed by atoms with E-state index in [1.165, 1.54) is 19.1 Å². The number of carboxylic acids is 1. The second-order valence-electron chi connectivity index (χ2n) is 5.94. The molecule has 24 heavy (non-hydrogen) atoms. The van der Waals surface area contributed by atoms with E-state index in [1.807, 2.05) is 0 Å². The first-order valence-corrected chi connectivity index (χ1v) is 7.80. The SMILES string of the molecule is CC(=O)Nc1ccc(C(=O)N[C@H](C(=O)O)[C@H]2CCCC(=O)C2)cc1. The van der Waals surface area contributed by atoms with Crippen molar-refractivity contribution in [1.82, 2.24) is 5.32 Å². The van der Waals surface area contributed by atoms with Crippen LogP contribution in [0.3, 0.4) is 0 Å². The third-order valence-corrected chi connectivity index (χ3v) is 4.01. The number of hydrogen-bond donors (Lipinski definition) is 3. The number of carbonyl (C=O) groups is 4. The summed E-state index contributed by atoms with van der Waals surface area (Å²) >= 11 is 0. The number of rotatable bonds is 5. The normalized spacial score (nSPS) is 18.5. The van der Waals surface area contributed by atoms with Gasteiger partial charge < -0.3 is 15.7 Å². The quantitative estimate of drug-likeness (QED) is 0.758. The maximum atomic E-state index is 12.3. The summed E-state index contributed by atoms with van der Waals surface area (Å²) in [5, 5.41) is 14.5. The van der Waals surface area contributed by atoms with E-state index >= 15 is 0 Å². The number of anilines is 1. The molecular formula is C17H20N2O5. The fourth-order valence-corrected chi connectivity index (χ4v) is 2.86. The average Bonchev–Trinajstić information content (AvgIpc) is 2.52. The number of amides is 2. The molecular weight excluding hydrogens is 312 g/mol. The number of Topliss-reactive ketones (excluding diaryl/α,β-unsaturated/α-hetero) is 1. The number of benzene rings is 1. The second-order valence-corrected chi connectivity index (χ2v) is 5.94. The van der Waals surface area contributed by atoms with Crippen LogP contribution in [0.25, 0.3) is 0 Å². The van der Waals surface area contributed by atoms with Gasteiger partial charge in [-0.25, -0.2) is 4.79 Å². The molecule has 0 radical (unpaired) electrons. The first-order valence-electron chi connectivity index (χ1n) is 7.80. The predicted octanol–water partition coefficient (Wildman–Crippen LogP) is 1.59. The van der Waals surface area contributed by atoms with Gasteiger partial charge in [-0.05, 0) is 43.0 Å². The van der Waals surface area contributed by atoms with Crippen molar-refractivity contribution in [3.05, 3.63) is 29.8 Å². The average molecular weight is 332 g/mol. The Morgan fingerprint density at radius 3 is 2.42 bits per heavy atom. The lowest BCUT2D eigenvalue weighted by molar-refractivity contribution is -0.141. The van der Waals surface area contributed by atoms with E-state index in [9.17, 15) is 24.3 Å². The van der Waals surface area contributed by atoms with Gasteiger partial charge in [0.2, 0.25) is 5.91 Å². The summed E-state index contributed by atoms with van der Waals surface area (Å²) in [5.41, 5.74) is 0.837. The second kappa shape index (κ2) is 7.72. The van der Waals surface area contributed by atoms with Gasteiger partial charge in [0.05, 0.1) is 0 Å². The van der Waals surface area contributed by atoms with Gasteiger partial charge in [0, 0.05) is 31.0 Å². The number of nitrogens with one attached hydrogen (secondary N) is 2. The Balaban J connectivity index is 2.06. The van der Waals surface area contributed by atoms with Gasteiger partial charge in [-0.3, -0.25) is 14.4 Å². The van der Waals surface area contributed by atoms with Crippen LogP contribution in [0.2, 0.25) is 0 Å².